The molecule has 4 aromatic carbocycles. The fourth-order valence-electron chi connectivity index (χ4n) is 5.19. The van der Waals surface area contributed by atoms with Crippen LogP contribution < -0.4 is 0 Å². The van der Waals surface area contributed by atoms with Crippen molar-refractivity contribution in [3.63, 3.8) is 0 Å². The van der Waals surface area contributed by atoms with Crippen molar-refractivity contribution in [1.82, 2.24) is 4.57 Å². The van der Waals surface area contributed by atoms with E-state index in [0.29, 0.717) is 5.92 Å². The molecule has 3 heteroatoms. The van der Waals surface area contributed by atoms with Crippen molar-refractivity contribution >= 4 is 55.9 Å². The van der Waals surface area contributed by atoms with Gasteiger partial charge in [0.05, 0.1) is 11.0 Å². The summed E-state index contributed by atoms with van der Waals surface area (Å²) in [5.74, 6) is 0.423. The minimum Gasteiger partial charge on any atom is -0.309 e. The molecule has 2 aliphatic rings. The van der Waals surface area contributed by atoms with Crippen LogP contribution in [0.3, 0.4) is 0 Å². The minimum atomic E-state index is 0.423. The van der Waals surface area contributed by atoms with E-state index in [4.69, 9.17) is 11.6 Å². The maximum atomic E-state index is 6.29. The van der Waals surface area contributed by atoms with Crippen LogP contribution in [0.1, 0.15) is 17.9 Å². The maximum Gasteiger partial charge on any atom is 0.0619 e. The number of fused-ring (bicyclic) bond motifs is 8. The van der Waals surface area contributed by atoms with E-state index in [2.05, 4.69) is 95.6 Å². The van der Waals surface area contributed by atoms with Gasteiger partial charge >= 0.3 is 0 Å². The summed E-state index contributed by atoms with van der Waals surface area (Å²) in [4.78, 5) is 2.72. The van der Waals surface area contributed by atoms with Gasteiger partial charge in [-0.15, -0.1) is 0 Å². The van der Waals surface area contributed by atoms with Gasteiger partial charge in [0.1, 0.15) is 0 Å². The Bertz CT molecular complexity index is 1600. The normalized spacial score (nSPS) is 17.6. The van der Waals surface area contributed by atoms with Gasteiger partial charge in [-0.2, -0.15) is 0 Å². The van der Waals surface area contributed by atoms with Gasteiger partial charge in [0.25, 0.3) is 0 Å². The van der Waals surface area contributed by atoms with Crippen LogP contribution in [0.4, 0.5) is 0 Å². The molecule has 0 saturated carbocycles. The topological polar surface area (TPSA) is 4.93 Å². The van der Waals surface area contributed by atoms with Gasteiger partial charge in [-0.05, 0) is 52.6 Å². The molecule has 1 atom stereocenters. The van der Waals surface area contributed by atoms with Gasteiger partial charge in [0, 0.05) is 37.7 Å². The predicted octanol–water partition coefficient (Wildman–Crippen LogP) is 8.54. The van der Waals surface area contributed by atoms with E-state index in [1.807, 2.05) is 11.8 Å². The Kier molecular flexibility index (Phi) is 3.73. The third-order valence-electron chi connectivity index (χ3n) is 6.59. The first-order valence-electron chi connectivity index (χ1n) is 10.6. The first kappa shape index (κ1) is 17.7. The van der Waals surface area contributed by atoms with E-state index in [-0.39, 0.29) is 0 Å². The minimum absolute atomic E-state index is 0.423. The van der Waals surface area contributed by atoms with E-state index >= 15 is 0 Å². The summed E-state index contributed by atoms with van der Waals surface area (Å²) < 4.78 is 2.45. The largest absolute Gasteiger partial charge is 0.309 e. The molecule has 1 nitrogen and oxygen atoms in total. The van der Waals surface area contributed by atoms with Gasteiger partial charge in [-0.3, -0.25) is 0 Å². The lowest BCUT2D eigenvalue weighted by atomic mass is 9.92. The van der Waals surface area contributed by atoms with Crippen LogP contribution in [-0.2, 0) is 0 Å². The SMILES string of the molecule is ClC1=CCC2C(=C1)Sc1ccc(-n3c4ccccc4c4ccc5ccccc5c43)cc12. The Balaban J connectivity index is 1.55. The van der Waals surface area contributed by atoms with Crippen LogP contribution in [0.5, 0.6) is 0 Å². The monoisotopic (exact) mass is 435 g/mol. The molecule has 1 aromatic heterocycles. The van der Waals surface area contributed by atoms with Crippen LogP contribution in [0.25, 0.3) is 38.3 Å². The molecule has 5 aromatic rings. The molecule has 0 bridgehead atoms. The van der Waals surface area contributed by atoms with Gasteiger partial charge in [0.15, 0.2) is 0 Å². The second-order valence-corrected chi connectivity index (χ2v) is 9.84. The van der Waals surface area contributed by atoms with Crippen molar-refractivity contribution in [2.45, 2.75) is 17.2 Å². The number of nitrogens with zero attached hydrogens (tertiary/aromatic N) is 1. The summed E-state index contributed by atoms with van der Waals surface area (Å²) in [6.45, 7) is 0. The molecule has 0 amide bonds. The molecule has 2 heterocycles. The number of para-hydroxylation sites is 1. The van der Waals surface area contributed by atoms with Crippen molar-refractivity contribution in [1.29, 1.82) is 0 Å². The fraction of sp³-hybridized carbons (Fsp3) is 0.0714. The lowest BCUT2D eigenvalue weighted by Crippen LogP contribution is -2.00. The summed E-state index contributed by atoms with van der Waals surface area (Å²) >= 11 is 8.16. The average molecular weight is 436 g/mol. The van der Waals surface area contributed by atoms with E-state index < -0.39 is 0 Å². The number of halogens is 1. The van der Waals surface area contributed by atoms with E-state index in [1.54, 1.807) is 0 Å². The third kappa shape index (κ3) is 2.52. The van der Waals surface area contributed by atoms with Gasteiger partial charge in [0.2, 0.25) is 0 Å². The first-order chi connectivity index (χ1) is 15.3. The number of hydrogen-bond donors (Lipinski definition) is 0. The van der Waals surface area contributed by atoms with Gasteiger partial charge in [-0.25, -0.2) is 0 Å². The zero-order chi connectivity index (χ0) is 20.5. The smallest absolute Gasteiger partial charge is 0.0619 e. The number of aromatic nitrogens is 1. The quantitative estimate of drug-likeness (QED) is 0.255. The molecule has 0 spiro atoms. The number of thioether (sulfide) groups is 1. The zero-order valence-electron chi connectivity index (χ0n) is 16.7. The molecular weight excluding hydrogens is 418 g/mol. The Labute approximate surface area is 189 Å². The van der Waals surface area contributed by atoms with Gasteiger partial charge in [-0.1, -0.05) is 84.0 Å². The zero-order valence-corrected chi connectivity index (χ0v) is 18.3. The Morgan fingerprint density at radius 2 is 1.68 bits per heavy atom. The van der Waals surface area contributed by atoms with Crippen molar-refractivity contribution in [2.24, 2.45) is 0 Å². The second-order valence-electron chi connectivity index (χ2n) is 8.28. The summed E-state index contributed by atoms with van der Waals surface area (Å²) in [5, 5.41) is 6.02. The lowest BCUT2D eigenvalue weighted by Gasteiger charge is -2.16. The number of hydrogen-bond acceptors (Lipinski definition) is 1. The highest BCUT2D eigenvalue weighted by Gasteiger charge is 2.30. The number of allylic oxidation sites excluding steroid dienone is 4. The molecule has 148 valence electrons. The van der Waals surface area contributed by atoms with E-state index in [9.17, 15) is 0 Å². The predicted molar refractivity (Wildman–Crippen MR) is 134 cm³/mol. The average Bonchev–Trinajstić information content (AvgIpc) is 3.33. The van der Waals surface area contributed by atoms with Crippen molar-refractivity contribution < 1.29 is 0 Å². The number of rotatable bonds is 1. The second kappa shape index (κ2) is 6.53. The van der Waals surface area contributed by atoms with Gasteiger partial charge < -0.3 is 4.57 Å². The molecular formula is C28H18ClNS. The first-order valence-corrected chi connectivity index (χ1v) is 11.8. The van der Waals surface area contributed by atoms with Crippen LogP contribution in [0, 0.1) is 0 Å². The van der Waals surface area contributed by atoms with Crippen LogP contribution in [0.2, 0.25) is 0 Å². The third-order valence-corrected chi connectivity index (χ3v) is 8.08. The van der Waals surface area contributed by atoms with Crippen molar-refractivity contribution in [2.75, 3.05) is 0 Å². The summed E-state index contributed by atoms with van der Waals surface area (Å²) in [5.41, 5.74) is 5.18. The molecule has 7 rings (SSSR count). The highest BCUT2D eigenvalue weighted by molar-refractivity contribution is 8.03. The van der Waals surface area contributed by atoms with Crippen LogP contribution >= 0.6 is 23.4 Å². The molecule has 0 saturated heterocycles. The number of benzene rings is 4. The fourth-order valence-corrected chi connectivity index (χ4v) is 6.72. The summed E-state index contributed by atoms with van der Waals surface area (Å²) in [6, 6.07) is 28.9. The molecule has 31 heavy (non-hydrogen) atoms. The maximum absolute atomic E-state index is 6.29. The van der Waals surface area contributed by atoms with Crippen LogP contribution in [0.15, 0.2) is 106 Å². The molecule has 0 radical (unpaired) electrons. The Morgan fingerprint density at radius 3 is 2.61 bits per heavy atom. The molecule has 0 fully saturated rings. The van der Waals surface area contributed by atoms with Crippen LogP contribution in [-0.4, -0.2) is 4.57 Å². The van der Waals surface area contributed by atoms with E-state index in [0.717, 1.165) is 11.5 Å². The molecule has 1 unspecified atom stereocenters. The molecule has 0 N–H and O–H groups in total. The highest BCUT2D eigenvalue weighted by atomic mass is 35.5. The molecule has 1 aliphatic heterocycles. The highest BCUT2D eigenvalue weighted by Crippen LogP contribution is 2.53. The Morgan fingerprint density at radius 1 is 0.839 bits per heavy atom. The summed E-state index contributed by atoms with van der Waals surface area (Å²) in [7, 11) is 0. The lowest BCUT2D eigenvalue weighted by molar-refractivity contribution is 0.833. The summed E-state index contributed by atoms with van der Waals surface area (Å²) in [6.07, 6.45) is 5.25. The molecule has 1 aliphatic carbocycles. The Hall–Kier alpha value is -2.94. The van der Waals surface area contributed by atoms with Crippen molar-refractivity contribution in [3.8, 4) is 5.69 Å². The standard InChI is InChI=1S/C28H18ClNS/c29-18-10-13-22-24-16-19(11-14-26(24)31-27(22)15-18)30-25-8-4-3-7-21(25)23-12-9-17-5-1-2-6-20(17)28(23)30/h1-12,14-16,22H,13H2. The van der Waals surface area contributed by atoms with Crippen molar-refractivity contribution in [3.05, 3.63) is 107 Å². The van der Waals surface area contributed by atoms with E-state index in [1.165, 1.54) is 53.6 Å².